The van der Waals surface area contributed by atoms with Crippen molar-refractivity contribution >= 4 is 17.1 Å². The van der Waals surface area contributed by atoms with Gasteiger partial charge < -0.3 is 15.1 Å². The Morgan fingerprint density at radius 1 is 1.38 bits per heavy atom. The number of pyridine rings is 1. The van der Waals surface area contributed by atoms with Gasteiger partial charge in [-0.15, -0.1) is 0 Å². The summed E-state index contributed by atoms with van der Waals surface area (Å²) in [5.74, 6) is 1.75. The Morgan fingerprint density at radius 2 is 2.38 bits per heavy atom. The van der Waals surface area contributed by atoms with Gasteiger partial charge in [-0.2, -0.15) is 0 Å². The van der Waals surface area contributed by atoms with E-state index in [2.05, 4.69) is 25.2 Å². The van der Waals surface area contributed by atoms with Crippen LogP contribution in [0.5, 0.6) is 0 Å². The monoisotopic (exact) mass is 283 g/mol. The number of aromatic nitrogens is 3. The first kappa shape index (κ1) is 12.4. The number of fused-ring (bicyclic) bond motifs is 1. The molecule has 0 aliphatic carbocycles. The molecule has 4 heterocycles. The molecule has 0 aromatic carbocycles. The molecule has 2 N–H and O–H groups in total. The molecular weight excluding hydrogens is 266 g/mol. The molecule has 6 nitrogen and oxygen atoms in total. The molecule has 0 saturated carbocycles. The van der Waals surface area contributed by atoms with Gasteiger partial charge in [0.15, 0.2) is 5.65 Å². The van der Waals surface area contributed by atoms with Crippen LogP contribution in [0.2, 0.25) is 0 Å². The minimum atomic E-state index is 0.414. The Bertz CT molecular complexity index is 728. The summed E-state index contributed by atoms with van der Waals surface area (Å²) in [5.41, 5.74) is 1.78. The Kier molecular flexibility index (Phi) is 3.08. The summed E-state index contributed by atoms with van der Waals surface area (Å²) in [7, 11) is 0. The molecule has 0 amide bonds. The number of anilines is 1. The lowest BCUT2D eigenvalue weighted by Crippen LogP contribution is -2.24. The zero-order valence-corrected chi connectivity index (χ0v) is 11.6. The fraction of sp³-hybridized carbons (Fsp3) is 0.333. The number of hydrogen-bond acceptors (Lipinski definition) is 5. The summed E-state index contributed by atoms with van der Waals surface area (Å²) in [5, 5.41) is 6.88. The van der Waals surface area contributed by atoms with Crippen LogP contribution >= 0.6 is 0 Å². The van der Waals surface area contributed by atoms with Crippen LogP contribution in [0.1, 0.15) is 12.2 Å². The predicted molar refractivity (Wildman–Crippen MR) is 80.2 cm³/mol. The fourth-order valence-corrected chi connectivity index (χ4v) is 2.74. The molecule has 0 radical (unpaired) electrons. The lowest BCUT2D eigenvalue weighted by Gasteiger charge is -2.13. The van der Waals surface area contributed by atoms with Crippen molar-refractivity contribution in [3.8, 4) is 0 Å². The van der Waals surface area contributed by atoms with Crippen molar-refractivity contribution in [2.24, 2.45) is 0 Å². The minimum absolute atomic E-state index is 0.414. The lowest BCUT2D eigenvalue weighted by molar-refractivity contribution is 0.496. The van der Waals surface area contributed by atoms with Gasteiger partial charge in [-0.05, 0) is 37.2 Å². The van der Waals surface area contributed by atoms with Crippen molar-refractivity contribution in [2.45, 2.75) is 19.0 Å². The maximum atomic E-state index is 5.46. The second kappa shape index (κ2) is 5.21. The van der Waals surface area contributed by atoms with Crippen LogP contribution in [0.15, 0.2) is 41.1 Å². The summed E-state index contributed by atoms with van der Waals surface area (Å²) in [4.78, 5) is 9.14. The van der Waals surface area contributed by atoms with Gasteiger partial charge in [-0.3, -0.25) is 4.57 Å². The van der Waals surface area contributed by atoms with E-state index in [9.17, 15) is 0 Å². The molecule has 0 spiro atoms. The van der Waals surface area contributed by atoms with Crippen molar-refractivity contribution in [2.75, 3.05) is 18.4 Å². The summed E-state index contributed by atoms with van der Waals surface area (Å²) in [6.45, 7) is 2.65. The maximum Gasteiger partial charge on any atom is 0.205 e. The maximum absolute atomic E-state index is 5.46. The highest BCUT2D eigenvalue weighted by atomic mass is 16.3. The van der Waals surface area contributed by atoms with Gasteiger partial charge in [0.2, 0.25) is 5.95 Å². The van der Waals surface area contributed by atoms with Crippen LogP contribution < -0.4 is 10.6 Å². The van der Waals surface area contributed by atoms with Gasteiger partial charge in [-0.1, -0.05) is 0 Å². The van der Waals surface area contributed by atoms with Gasteiger partial charge >= 0.3 is 0 Å². The Hall–Kier alpha value is -2.34. The summed E-state index contributed by atoms with van der Waals surface area (Å²) >= 11 is 0. The highest BCUT2D eigenvalue weighted by molar-refractivity contribution is 5.74. The second-order valence-electron chi connectivity index (χ2n) is 5.28. The van der Waals surface area contributed by atoms with E-state index in [1.54, 1.807) is 12.5 Å². The number of imidazole rings is 1. The summed E-state index contributed by atoms with van der Waals surface area (Å²) in [6.07, 6.45) is 4.59. The molecule has 21 heavy (non-hydrogen) atoms. The van der Waals surface area contributed by atoms with Gasteiger partial charge in [0.25, 0.3) is 0 Å². The van der Waals surface area contributed by atoms with Crippen molar-refractivity contribution < 1.29 is 4.42 Å². The zero-order chi connectivity index (χ0) is 14.1. The third-order valence-corrected chi connectivity index (χ3v) is 3.79. The van der Waals surface area contributed by atoms with Crippen molar-refractivity contribution in [1.82, 2.24) is 19.9 Å². The molecule has 0 bridgehead atoms. The topological polar surface area (TPSA) is 67.9 Å². The number of nitrogens with one attached hydrogen (secondary N) is 2. The van der Waals surface area contributed by atoms with E-state index < -0.39 is 0 Å². The van der Waals surface area contributed by atoms with Gasteiger partial charge in [0.05, 0.1) is 12.8 Å². The highest BCUT2D eigenvalue weighted by Gasteiger charge is 2.19. The molecular formula is C15H17N5O. The van der Waals surface area contributed by atoms with Gasteiger partial charge in [0, 0.05) is 18.8 Å². The molecule has 3 aromatic rings. The first-order valence-electron chi connectivity index (χ1n) is 7.21. The number of furan rings is 1. The molecule has 3 aromatic heterocycles. The van der Waals surface area contributed by atoms with Crippen molar-refractivity contribution in [3.05, 3.63) is 42.5 Å². The molecule has 4 rings (SSSR count). The van der Waals surface area contributed by atoms with E-state index >= 15 is 0 Å². The Morgan fingerprint density at radius 3 is 3.19 bits per heavy atom. The number of nitrogens with zero attached hydrogens (tertiary/aromatic N) is 3. The molecule has 1 unspecified atom stereocenters. The first-order chi connectivity index (χ1) is 10.4. The second-order valence-corrected chi connectivity index (χ2v) is 5.28. The Labute approximate surface area is 122 Å². The van der Waals surface area contributed by atoms with Crippen LogP contribution in [0.25, 0.3) is 11.2 Å². The van der Waals surface area contributed by atoms with E-state index in [0.717, 1.165) is 42.4 Å². The van der Waals surface area contributed by atoms with E-state index in [-0.39, 0.29) is 0 Å². The smallest absolute Gasteiger partial charge is 0.205 e. The molecule has 6 heteroatoms. The van der Waals surface area contributed by atoms with Crippen molar-refractivity contribution in [3.63, 3.8) is 0 Å². The summed E-state index contributed by atoms with van der Waals surface area (Å²) < 4.78 is 7.54. The predicted octanol–water partition coefficient (Wildman–Crippen LogP) is 1.85. The molecule has 1 aliphatic heterocycles. The van der Waals surface area contributed by atoms with Crippen LogP contribution in [0, 0.1) is 0 Å². The normalized spacial score (nSPS) is 18.4. The number of hydrogen-bond donors (Lipinski definition) is 2. The average Bonchev–Trinajstić information content (AvgIpc) is 3.23. The van der Waals surface area contributed by atoms with Gasteiger partial charge in [-0.25, -0.2) is 9.97 Å². The van der Waals surface area contributed by atoms with E-state index in [4.69, 9.17) is 4.42 Å². The molecule has 1 atom stereocenters. The van der Waals surface area contributed by atoms with Crippen LogP contribution in [0.4, 0.5) is 5.95 Å². The fourth-order valence-electron chi connectivity index (χ4n) is 2.74. The van der Waals surface area contributed by atoms with E-state index in [1.807, 2.05) is 24.3 Å². The number of rotatable bonds is 4. The third kappa shape index (κ3) is 2.38. The van der Waals surface area contributed by atoms with Gasteiger partial charge in [0.1, 0.15) is 11.3 Å². The first-order valence-corrected chi connectivity index (χ1v) is 7.21. The van der Waals surface area contributed by atoms with Crippen LogP contribution in [0.3, 0.4) is 0 Å². The zero-order valence-electron chi connectivity index (χ0n) is 11.6. The van der Waals surface area contributed by atoms with E-state index in [0.29, 0.717) is 12.6 Å². The standard InChI is InChI=1S/C15H17N5O/c1-4-13-14(17-6-1)20(10-12-3-2-8-21-12)15(19-13)18-11-5-7-16-9-11/h1-4,6,8,11,16H,5,7,9-10H2,(H,18,19). The molecule has 1 aliphatic rings. The molecule has 1 fully saturated rings. The quantitative estimate of drug-likeness (QED) is 0.765. The van der Waals surface area contributed by atoms with Crippen molar-refractivity contribution in [1.29, 1.82) is 0 Å². The minimum Gasteiger partial charge on any atom is -0.467 e. The van der Waals surface area contributed by atoms with E-state index in [1.165, 1.54) is 0 Å². The average molecular weight is 283 g/mol. The Balaban J connectivity index is 1.73. The molecule has 108 valence electrons. The lowest BCUT2D eigenvalue weighted by atomic mass is 10.3. The largest absolute Gasteiger partial charge is 0.467 e. The third-order valence-electron chi connectivity index (χ3n) is 3.79. The highest BCUT2D eigenvalue weighted by Crippen LogP contribution is 2.21. The summed E-state index contributed by atoms with van der Waals surface area (Å²) in [6, 6.07) is 8.18. The molecule has 1 saturated heterocycles. The van der Waals surface area contributed by atoms with Crippen LogP contribution in [-0.4, -0.2) is 33.7 Å². The SMILES string of the molecule is c1coc(Cn2c(NC3CCNC3)nc3cccnc32)c1. The van der Waals surface area contributed by atoms with Crippen LogP contribution in [-0.2, 0) is 6.54 Å².